The van der Waals surface area contributed by atoms with Gasteiger partial charge in [-0.1, -0.05) is 71.4 Å². The highest BCUT2D eigenvalue weighted by atomic mass is 16.6. The number of oxime groups is 1. The Labute approximate surface area is 207 Å². The van der Waals surface area contributed by atoms with E-state index in [-0.39, 0.29) is 6.61 Å². The van der Waals surface area contributed by atoms with Crippen LogP contribution in [0.5, 0.6) is 5.75 Å². The summed E-state index contributed by atoms with van der Waals surface area (Å²) in [5.74, 6) is 0.922. The molecule has 6 nitrogen and oxygen atoms in total. The fourth-order valence-corrected chi connectivity index (χ4v) is 4.75. The predicted molar refractivity (Wildman–Crippen MR) is 139 cm³/mol. The minimum absolute atomic E-state index is 0.179. The molecule has 3 aromatic carbocycles. The number of nitrogens with zero attached hydrogens (tertiary/aromatic N) is 3. The Morgan fingerprint density at radius 3 is 2.00 bits per heavy atom. The average molecular weight is 472 g/mol. The maximum atomic E-state index is 10.5. The summed E-state index contributed by atoms with van der Waals surface area (Å²) >= 11 is 0. The van der Waals surface area contributed by atoms with Crippen molar-refractivity contribution in [2.45, 2.75) is 13.0 Å². The van der Waals surface area contributed by atoms with Gasteiger partial charge in [0.15, 0.2) is 0 Å². The van der Waals surface area contributed by atoms with Crippen LogP contribution in [0.1, 0.15) is 16.7 Å². The van der Waals surface area contributed by atoms with Crippen molar-refractivity contribution in [2.75, 3.05) is 52.5 Å². The number of ether oxygens (including phenoxy) is 1. The van der Waals surface area contributed by atoms with Crippen LogP contribution in [0.25, 0.3) is 11.1 Å². The Morgan fingerprint density at radius 1 is 0.800 bits per heavy atom. The number of hydrogen-bond acceptors (Lipinski definition) is 6. The first-order chi connectivity index (χ1) is 17.2. The molecule has 1 saturated heterocycles. The lowest BCUT2D eigenvalue weighted by atomic mass is 10.1. The quantitative estimate of drug-likeness (QED) is 0.376. The number of aliphatic hydroxyl groups is 1. The van der Waals surface area contributed by atoms with Crippen molar-refractivity contribution in [2.24, 2.45) is 5.16 Å². The number of rotatable bonds is 9. The van der Waals surface area contributed by atoms with Crippen molar-refractivity contribution >= 4 is 5.71 Å². The molecule has 2 aliphatic rings. The first-order valence-electron chi connectivity index (χ1n) is 12.4. The standard InChI is InChI=1S/C29H33N3O3/c1-22-10-12-24(13-11-22)34-19-18-31-14-16-32(17-15-31)20-23(33)21-35-30-29-27-8-4-2-6-25(27)26-7-3-5-9-28(26)29/h2-13,23,33H,14-21H2,1H3. The van der Waals surface area contributed by atoms with Gasteiger partial charge in [-0.2, -0.15) is 0 Å². The van der Waals surface area contributed by atoms with Gasteiger partial charge in [-0.15, -0.1) is 0 Å². The Hall–Kier alpha value is -3.19. The number of benzene rings is 3. The molecule has 5 rings (SSSR count). The molecule has 1 heterocycles. The van der Waals surface area contributed by atoms with Crippen LogP contribution in [-0.2, 0) is 4.84 Å². The van der Waals surface area contributed by atoms with Crippen LogP contribution in [0.2, 0.25) is 0 Å². The van der Waals surface area contributed by atoms with Crippen molar-refractivity contribution in [1.29, 1.82) is 0 Å². The second kappa shape index (κ2) is 11.0. The maximum absolute atomic E-state index is 10.5. The molecule has 1 unspecified atom stereocenters. The van der Waals surface area contributed by atoms with Crippen molar-refractivity contribution in [3.8, 4) is 16.9 Å². The van der Waals surface area contributed by atoms with E-state index in [0.717, 1.165) is 55.3 Å². The summed E-state index contributed by atoms with van der Waals surface area (Å²) in [6.45, 7) is 8.24. The molecule has 0 bridgehead atoms. The lowest BCUT2D eigenvalue weighted by Crippen LogP contribution is -2.49. The van der Waals surface area contributed by atoms with Crippen molar-refractivity contribution in [3.05, 3.63) is 89.5 Å². The SMILES string of the molecule is Cc1ccc(OCCN2CCN(CC(O)CON=C3c4ccccc4-c4ccccc43)CC2)cc1. The van der Waals surface area contributed by atoms with E-state index < -0.39 is 6.10 Å². The van der Waals surface area contributed by atoms with Crippen LogP contribution >= 0.6 is 0 Å². The smallest absolute Gasteiger partial charge is 0.144 e. The third-order valence-electron chi connectivity index (χ3n) is 6.71. The molecular weight excluding hydrogens is 438 g/mol. The molecule has 1 aliphatic heterocycles. The van der Waals surface area contributed by atoms with Gasteiger partial charge < -0.3 is 14.7 Å². The molecule has 0 aromatic heterocycles. The Kier molecular flexibility index (Phi) is 7.42. The summed E-state index contributed by atoms with van der Waals surface area (Å²) in [5.41, 5.74) is 6.57. The number of fused-ring (bicyclic) bond motifs is 3. The van der Waals surface area contributed by atoms with Gasteiger partial charge in [0.2, 0.25) is 0 Å². The molecule has 182 valence electrons. The second-order valence-corrected chi connectivity index (χ2v) is 9.28. The van der Waals surface area contributed by atoms with Crippen LogP contribution in [0.4, 0.5) is 0 Å². The number of aliphatic hydroxyl groups excluding tert-OH is 1. The van der Waals surface area contributed by atoms with Gasteiger partial charge in [-0.3, -0.25) is 9.80 Å². The lowest BCUT2D eigenvalue weighted by molar-refractivity contribution is 0.00826. The normalized spacial score (nSPS) is 16.5. The van der Waals surface area contributed by atoms with E-state index in [9.17, 15) is 5.11 Å². The van der Waals surface area contributed by atoms with Gasteiger partial charge in [0.25, 0.3) is 0 Å². The second-order valence-electron chi connectivity index (χ2n) is 9.28. The van der Waals surface area contributed by atoms with Crippen molar-refractivity contribution in [1.82, 2.24) is 9.80 Å². The molecule has 6 heteroatoms. The summed E-state index contributed by atoms with van der Waals surface area (Å²) in [5, 5.41) is 15.0. The molecule has 0 spiro atoms. The zero-order valence-corrected chi connectivity index (χ0v) is 20.3. The minimum Gasteiger partial charge on any atom is -0.492 e. The molecule has 1 atom stereocenters. The van der Waals surface area contributed by atoms with Crippen molar-refractivity contribution in [3.63, 3.8) is 0 Å². The van der Waals surface area contributed by atoms with E-state index in [1.807, 2.05) is 36.4 Å². The van der Waals surface area contributed by atoms with Gasteiger partial charge in [0.1, 0.15) is 30.8 Å². The maximum Gasteiger partial charge on any atom is 0.144 e. The van der Waals surface area contributed by atoms with Gasteiger partial charge in [-0.05, 0) is 30.2 Å². The molecule has 35 heavy (non-hydrogen) atoms. The van der Waals surface area contributed by atoms with E-state index in [2.05, 4.69) is 58.3 Å². The van der Waals surface area contributed by atoms with E-state index in [0.29, 0.717) is 13.2 Å². The van der Waals surface area contributed by atoms with Gasteiger partial charge in [-0.25, -0.2) is 0 Å². The molecule has 0 radical (unpaired) electrons. The van der Waals surface area contributed by atoms with E-state index in [4.69, 9.17) is 9.57 Å². The van der Waals surface area contributed by atoms with E-state index in [1.54, 1.807) is 0 Å². The topological polar surface area (TPSA) is 57.5 Å². The summed E-state index contributed by atoms with van der Waals surface area (Å²) in [6.07, 6.45) is -0.581. The Balaban J connectivity index is 1.05. The minimum atomic E-state index is -0.581. The fraction of sp³-hybridized carbons (Fsp3) is 0.345. The number of hydrogen-bond donors (Lipinski definition) is 1. The largest absolute Gasteiger partial charge is 0.492 e. The van der Waals surface area contributed by atoms with Gasteiger partial charge in [0, 0.05) is 50.4 Å². The highest BCUT2D eigenvalue weighted by Crippen LogP contribution is 2.36. The Morgan fingerprint density at radius 2 is 1.37 bits per heavy atom. The molecule has 0 saturated carbocycles. The summed E-state index contributed by atoms with van der Waals surface area (Å²) in [7, 11) is 0. The number of aryl methyl sites for hydroxylation is 1. The number of β-amino-alcohol motifs (C(OH)–C–C–N with tert-alkyl or cyclic N) is 1. The van der Waals surface area contributed by atoms with Crippen LogP contribution in [-0.4, -0.2) is 79.2 Å². The predicted octanol–water partition coefficient (Wildman–Crippen LogP) is 3.80. The Bertz CT molecular complexity index is 1110. The van der Waals surface area contributed by atoms with E-state index >= 15 is 0 Å². The lowest BCUT2D eigenvalue weighted by Gasteiger charge is -2.35. The molecule has 1 N–H and O–H groups in total. The zero-order valence-electron chi connectivity index (χ0n) is 20.3. The van der Waals surface area contributed by atoms with Gasteiger partial charge >= 0.3 is 0 Å². The highest BCUT2D eigenvalue weighted by Gasteiger charge is 2.25. The van der Waals surface area contributed by atoms with Crippen LogP contribution in [0.3, 0.4) is 0 Å². The first-order valence-corrected chi connectivity index (χ1v) is 12.4. The summed E-state index contributed by atoms with van der Waals surface area (Å²) in [4.78, 5) is 10.3. The van der Waals surface area contributed by atoms with Crippen LogP contribution in [0, 0.1) is 6.92 Å². The molecule has 1 aliphatic carbocycles. The van der Waals surface area contributed by atoms with E-state index in [1.165, 1.54) is 16.7 Å². The fourth-order valence-electron chi connectivity index (χ4n) is 4.75. The monoisotopic (exact) mass is 471 g/mol. The summed E-state index contributed by atoms with van der Waals surface area (Å²) < 4.78 is 5.86. The molecule has 3 aromatic rings. The zero-order chi connectivity index (χ0) is 24.0. The molecule has 1 fully saturated rings. The van der Waals surface area contributed by atoms with Gasteiger partial charge in [0.05, 0.1) is 0 Å². The third-order valence-corrected chi connectivity index (χ3v) is 6.71. The van der Waals surface area contributed by atoms with Crippen molar-refractivity contribution < 1.29 is 14.7 Å². The molecule has 0 amide bonds. The average Bonchev–Trinajstić information content (AvgIpc) is 3.20. The molecular formula is C29H33N3O3. The van der Waals surface area contributed by atoms with Crippen LogP contribution < -0.4 is 4.74 Å². The number of piperazine rings is 1. The first kappa shape index (κ1) is 23.5. The third kappa shape index (κ3) is 5.73. The highest BCUT2D eigenvalue weighted by molar-refractivity contribution is 6.24. The summed E-state index contributed by atoms with van der Waals surface area (Å²) in [6, 6.07) is 24.7. The van der Waals surface area contributed by atoms with Crippen LogP contribution in [0.15, 0.2) is 78.0 Å².